The fourth-order valence-corrected chi connectivity index (χ4v) is 5.28. The highest BCUT2D eigenvalue weighted by atomic mass is 32.1. The van der Waals surface area contributed by atoms with Crippen LogP contribution in [-0.2, 0) is 11.3 Å². The van der Waals surface area contributed by atoms with Crippen LogP contribution in [0.3, 0.4) is 0 Å². The lowest BCUT2D eigenvalue weighted by atomic mass is 9.99. The first-order chi connectivity index (χ1) is 15.7. The molecule has 0 aliphatic carbocycles. The Balaban J connectivity index is 1.64. The number of nitriles is 2. The second kappa shape index (κ2) is 10.2. The van der Waals surface area contributed by atoms with Crippen molar-refractivity contribution in [3.63, 3.8) is 0 Å². The molecule has 0 spiro atoms. The van der Waals surface area contributed by atoms with E-state index >= 15 is 0 Å². The molecule has 0 radical (unpaired) electrons. The highest BCUT2D eigenvalue weighted by Crippen LogP contribution is 2.43. The maximum Gasteiger partial charge on any atom is 0.130 e. The fraction of sp³-hybridized carbons (Fsp3) is 0.111. The summed E-state index contributed by atoms with van der Waals surface area (Å²) >= 11 is 3.46. The van der Waals surface area contributed by atoms with Crippen molar-refractivity contribution in [2.75, 3.05) is 6.61 Å². The molecule has 2 heterocycles. The second-order valence-corrected chi connectivity index (χ2v) is 8.90. The van der Waals surface area contributed by atoms with Crippen LogP contribution in [-0.4, -0.2) is 6.61 Å². The van der Waals surface area contributed by atoms with E-state index in [2.05, 4.69) is 47.2 Å². The zero-order chi connectivity index (χ0) is 22.3. The van der Waals surface area contributed by atoms with Gasteiger partial charge < -0.3 is 4.74 Å². The minimum atomic E-state index is 0.102. The molecule has 0 fully saturated rings. The Morgan fingerprint density at radius 2 is 1.34 bits per heavy atom. The Labute approximate surface area is 196 Å². The predicted molar refractivity (Wildman–Crippen MR) is 133 cm³/mol. The highest BCUT2D eigenvalue weighted by molar-refractivity contribution is 7.15. The molecule has 5 heteroatoms. The van der Waals surface area contributed by atoms with Crippen molar-refractivity contribution in [1.82, 2.24) is 0 Å². The Morgan fingerprint density at radius 3 is 1.84 bits per heavy atom. The first-order valence-electron chi connectivity index (χ1n) is 10.2. The summed E-state index contributed by atoms with van der Waals surface area (Å²) < 4.78 is 5.51. The van der Waals surface area contributed by atoms with Gasteiger partial charge in [-0.25, -0.2) is 0 Å². The van der Waals surface area contributed by atoms with E-state index in [4.69, 9.17) is 15.3 Å². The lowest BCUT2D eigenvalue weighted by Gasteiger charge is -2.08. The summed E-state index contributed by atoms with van der Waals surface area (Å²) in [5.74, 6) is 0. The molecule has 32 heavy (non-hydrogen) atoms. The molecule has 0 aliphatic heterocycles. The summed E-state index contributed by atoms with van der Waals surface area (Å²) in [5.41, 5.74) is 6.88. The van der Waals surface area contributed by atoms with Crippen molar-refractivity contribution in [3.05, 3.63) is 88.1 Å². The van der Waals surface area contributed by atoms with Crippen LogP contribution >= 0.6 is 22.7 Å². The molecule has 0 bridgehead atoms. The van der Waals surface area contributed by atoms with Gasteiger partial charge >= 0.3 is 0 Å². The zero-order valence-electron chi connectivity index (χ0n) is 17.5. The smallest absolute Gasteiger partial charge is 0.130 e. The molecule has 0 atom stereocenters. The Kier molecular flexibility index (Phi) is 6.94. The minimum Gasteiger partial charge on any atom is -0.377 e. The minimum absolute atomic E-state index is 0.102. The number of hydrogen-bond donors (Lipinski definition) is 0. The van der Waals surface area contributed by atoms with Crippen LogP contribution in [0.2, 0.25) is 0 Å². The highest BCUT2D eigenvalue weighted by Gasteiger charge is 2.15. The maximum absolute atomic E-state index is 8.96. The molecule has 0 amide bonds. The number of nitrogens with zero attached hydrogens (tertiary/aromatic N) is 2. The van der Waals surface area contributed by atoms with E-state index in [0.717, 1.165) is 11.1 Å². The number of rotatable bonds is 7. The van der Waals surface area contributed by atoms with Crippen LogP contribution in [0.25, 0.3) is 38.1 Å². The predicted octanol–water partition coefficient (Wildman–Crippen LogP) is 7.78. The first-order valence-corrected chi connectivity index (χ1v) is 11.9. The van der Waals surface area contributed by atoms with Gasteiger partial charge in [0.05, 0.1) is 6.61 Å². The quantitative estimate of drug-likeness (QED) is 0.269. The molecular formula is C27H20N2OS2. The average Bonchev–Trinajstić information content (AvgIpc) is 3.51. The summed E-state index contributed by atoms with van der Waals surface area (Å²) in [7, 11) is 0. The van der Waals surface area contributed by atoms with Crippen LogP contribution in [0.1, 0.15) is 18.1 Å². The third-order valence-corrected chi connectivity index (χ3v) is 6.96. The average molecular weight is 453 g/mol. The summed E-state index contributed by atoms with van der Waals surface area (Å²) in [6.45, 7) is 3.36. The topological polar surface area (TPSA) is 56.8 Å². The largest absolute Gasteiger partial charge is 0.377 e. The van der Waals surface area contributed by atoms with Gasteiger partial charge in [-0.2, -0.15) is 10.5 Å². The number of hydrogen-bond acceptors (Lipinski definition) is 5. The molecule has 0 aliphatic rings. The second-order valence-electron chi connectivity index (χ2n) is 7.06. The van der Waals surface area contributed by atoms with Gasteiger partial charge in [-0.05, 0) is 58.1 Å². The third kappa shape index (κ3) is 4.72. The summed E-state index contributed by atoms with van der Waals surface area (Å²) in [5, 5.41) is 22.2. The molecule has 4 rings (SSSR count). The molecule has 0 unspecified atom stereocenters. The van der Waals surface area contributed by atoms with E-state index in [1.807, 2.05) is 43.3 Å². The molecule has 2 aromatic carbocycles. The van der Waals surface area contributed by atoms with Crippen molar-refractivity contribution in [2.45, 2.75) is 13.5 Å². The van der Waals surface area contributed by atoms with Gasteiger partial charge in [0.1, 0.15) is 17.7 Å². The van der Waals surface area contributed by atoms with E-state index < -0.39 is 0 Å². The maximum atomic E-state index is 8.96. The van der Waals surface area contributed by atoms with Crippen molar-refractivity contribution in [2.24, 2.45) is 0 Å². The van der Waals surface area contributed by atoms with Crippen LogP contribution in [0, 0.1) is 22.7 Å². The van der Waals surface area contributed by atoms with Gasteiger partial charge in [-0.1, -0.05) is 48.5 Å². The van der Waals surface area contributed by atoms with Crippen LogP contribution < -0.4 is 0 Å². The number of benzene rings is 2. The molecule has 3 nitrogen and oxygen atoms in total. The SMILES string of the molecule is CCOCc1ccc(-c2sccc2-c2ccsc2-c2ccc(C=C(C#N)C#N)cc2)cc1. The Morgan fingerprint density at radius 1 is 0.812 bits per heavy atom. The van der Waals surface area contributed by atoms with Gasteiger partial charge in [0, 0.05) is 27.5 Å². The normalized spacial score (nSPS) is 10.3. The molecule has 4 aromatic rings. The molecular weight excluding hydrogens is 432 g/mol. The van der Waals surface area contributed by atoms with E-state index in [-0.39, 0.29) is 5.57 Å². The summed E-state index contributed by atoms with van der Waals surface area (Å²) in [6.07, 6.45) is 1.60. The molecule has 156 valence electrons. The Hall–Kier alpha value is -3.48. The molecule has 0 saturated carbocycles. The van der Waals surface area contributed by atoms with Crippen LogP contribution in [0.5, 0.6) is 0 Å². The fourth-order valence-electron chi connectivity index (χ4n) is 3.45. The van der Waals surface area contributed by atoms with E-state index in [1.54, 1.807) is 28.7 Å². The van der Waals surface area contributed by atoms with Gasteiger partial charge in [0.2, 0.25) is 0 Å². The van der Waals surface area contributed by atoms with Gasteiger partial charge in [0.15, 0.2) is 0 Å². The molecule has 0 N–H and O–H groups in total. The van der Waals surface area contributed by atoms with E-state index in [0.29, 0.717) is 13.2 Å². The zero-order valence-corrected chi connectivity index (χ0v) is 19.2. The third-order valence-electron chi connectivity index (χ3n) is 5.03. The Bertz CT molecular complexity index is 1300. The van der Waals surface area contributed by atoms with Crippen molar-refractivity contribution >= 4 is 28.7 Å². The van der Waals surface area contributed by atoms with Gasteiger partial charge in [0.25, 0.3) is 0 Å². The molecule has 0 saturated heterocycles. The van der Waals surface area contributed by atoms with Crippen molar-refractivity contribution in [3.8, 4) is 44.1 Å². The van der Waals surface area contributed by atoms with Crippen molar-refractivity contribution < 1.29 is 4.74 Å². The van der Waals surface area contributed by atoms with Crippen LogP contribution in [0.15, 0.2) is 77.0 Å². The standard InChI is InChI=1S/C27H20N2OS2/c1-2-30-18-20-5-9-23(10-6-20)27-25(12-14-32-27)24-11-13-31-26(24)22-7-3-19(4-8-22)15-21(16-28)17-29/h3-15H,2,18H2,1H3. The summed E-state index contributed by atoms with van der Waals surface area (Å²) in [4.78, 5) is 2.45. The van der Waals surface area contributed by atoms with Crippen molar-refractivity contribution in [1.29, 1.82) is 10.5 Å². The van der Waals surface area contributed by atoms with Crippen LogP contribution in [0.4, 0.5) is 0 Å². The molecule has 2 aromatic heterocycles. The lowest BCUT2D eigenvalue weighted by molar-refractivity contribution is 0.134. The number of thiophene rings is 2. The monoisotopic (exact) mass is 452 g/mol. The lowest BCUT2D eigenvalue weighted by Crippen LogP contribution is -1.91. The summed E-state index contributed by atoms with van der Waals surface area (Å²) in [6, 6.07) is 24.7. The number of ether oxygens (including phenoxy) is 1. The van der Waals surface area contributed by atoms with Gasteiger partial charge in [-0.3, -0.25) is 0 Å². The van der Waals surface area contributed by atoms with E-state index in [1.165, 1.54) is 32.0 Å². The van der Waals surface area contributed by atoms with E-state index in [9.17, 15) is 0 Å². The first kappa shape index (κ1) is 21.7. The number of allylic oxidation sites excluding steroid dienone is 1. The van der Waals surface area contributed by atoms with Gasteiger partial charge in [-0.15, -0.1) is 22.7 Å².